The highest BCUT2D eigenvalue weighted by atomic mass is 16.5. The number of carbonyl (C=O) groups is 3. The van der Waals surface area contributed by atoms with Gasteiger partial charge < -0.3 is 14.7 Å². The summed E-state index contributed by atoms with van der Waals surface area (Å²) in [6.07, 6.45) is 0.601. The summed E-state index contributed by atoms with van der Waals surface area (Å²) in [4.78, 5) is 36.8. The first-order chi connectivity index (χ1) is 10.3. The van der Waals surface area contributed by atoms with Crippen LogP contribution in [0.5, 0.6) is 0 Å². The van der Waals surface area contributed by atoms with Gasteiger partial charge >= 0.3 is 5.97 Å². The van der Waals surface area contributed by atoms with Gasteiger partial charge in [0.05, 0.1) is 18.4 Å². The van der Waals surface area contributed by atoms with Crippen molar-refractivity contribution in [1.29, 1.82) is 0 Å². The van der Waals surface area contributed by atoms with E-state index >= 15 is 0 Å². The van der Waals surface area contributed by atoms with E-state index in [9.17, 15) is 19.5 Å². The van der Waals surface area contributed by atoms with Crippen molar-refractivity contribution in [2.75, 3.05) is 12.0 Å². The third-order valence-electron chi connectivity index (χ3n) is 3.72. The van der Waals surface area contributed by atoms with Gasteiger partial charge in [-0.1, -0.05) is 6.58 Å². The summed E-state index contributed by atoms with van der Waals surface area (Å²) in [5.74, 6) is -1.57. The summed E-state index contributed by atoms with van der Waals surface area (Å²) >= 11 is 0. The van der Waals surface area contributed by atoms with Crippen molar-refractivity contribution in [2.45, 2.75) is 25.5 Å². The Morgan fingerprint density at radius 3 is 2.59 bits per heavy atom. The molecule has 0 spiro atoms. The molecule has 1 aromatic rings. The van der Waals surface area contributed by atoms with Crippen molar-refractivity contribution in [2.24, 2.45) is 0 Å². The van der Waals surface area contributed by atoms with Gasteiger partial charge in [-0.15, -0.1) is 0 Å². The van der Waals surface area contributed by atoms with Crippen LogP contribution in [0.2, 0.25) is 0 Å². The van der Waals surface area contributed by atoms with E-state index in [4.69, 9.17) is 0 Å². The molecule has 6 nitrogen and oxygen atoms in total. The van der Waals surface area contributed by atoms with E-state index < -0.39 is 17.5 Å². The molecule has 0 saturated carbocycles. The van der Waals surface area contributed by atoms with Crippen LogP contribution in [-0.2, 0) is 19.9 Å². The van der Waals surface area contributed by atoms with E-state index in [0.717, 1.165) is 7.11 Å². The number of methoxy groups -OCH3 is 1. The molecular weight excluding hydrogens is 286 g/mol. The topological polar surface area (TPSA) is 83.9 Å². The highest BCUT2D eigenvalue weighted by Crippen LogP contribution is 2.45. The Labute approximate surface area is 128 Å². The predicted octanol–water partition coefficient (Wildman–Crippen LogP) is 1.17. The third-order valence-corrected chi connectivity index (χ3v) is 3.72. The first-order valence-electron chi connectivity index (χ1n) is 6.72. The van der Waals surface area contributed by atoms with Crippen LogP contribution in [-0.4, -0.2) is 36.4 Å². The zero-order chi connectivity index (χ0) is 16.7. The Morgan fingerprint density at radius 2 is 2.09 bits per heavy atom. The van der Waals surface area contributed by atoms with Crippen LogP contribution < -0.4 is 4.90 Å². The molecule has 0 aliphatic carbocycles. The van der Waals surface area contributed by atoms with Gasteiger partial charge in [0.1, 0.15) is 6.29 Å². The zero-order valence-corrected chi connectivity index (χ0v) is 12.6. The number of carbonyl (C=O) groups excluding carboxylic acids is 3. The number of rotatable bonds is 4. The average molecular weight is 303 g/mol. The maximum Gasteiger partial charge on any atom is 0.336 e. The van der Waals surface area contributed by atoms with Gasteiger partial charge in [0.2, 0.25) is 5.60 Å². The van der Waals surface area contributed by atoms with Gasteiger partial charge in [0.15, 0.2) is 0 Å². The van der Waals surface area contributed by atoms with Crippen LogP contribution in [0.1, 0.15) is 29.8 Å². The molecule has 0 bridgehead atoms. The van der Waals surface area contributed by atoms with Gasteiger partial charge in [-0.3, -0.25) is 9.59 Å². The minimum absolute atomic E-state index is 0.159. The molecule has 1 atom stereocenters. The van der Waals surface area contributed by atoms with Gasteiger partial charge in [0.25, 0.3) is 5.91 Å². The molecule has 1 unspecified atom stereocenters. The van der Waals surface area contributed by atoms with Crippen molar-refractivity contribution in [1.82, 2.24) is 0 Å². The van der Waals surface area contributed by atoms with E-state index in [1.807, 2.05) is 0 Å². The molecule has 1 aliphatic heterocycles. The van der Waals surface area contributed by atoms with E-state index in [-0.39, 0.29) is 22.7 Å². The molecule has 0 saturated heterocycles. The number of ether oxygens (including phenoxy) is 1. The Morgan fingerprint density at radius 1 is 1.45 bits per heavy atom. The van der Waals surface area contributed by atoms with E-state index in [2.05, 4.69) is 11.3 Å². The number of esters is 1. The first kappa shape index (κ1) is 15.9. The Balaban J connectivity index is 2.72. The second-order valence-electron chi connectivity index (χ2n) is 5.34. The zero-order valence-electron chi connectivity index (χ0n) is 12.6. The fourth-order valence-corrected chi connectivity index (χ4v) is 2.60. The van der Waals surface area contributed by atoms with Gasteiger partial charge in [-0.05, 0) is 32.0 Å². The molecule has 22 heavy (non-hydrogen) atoms. The Hall–Kier alpha value is -2.47. The van der Waals surface area contributed by atoms with Crippen LogP contribution >= 0.6 is 0 Å². The normalized spacial score (nSPS) is 20.0. The number of benzene rings is 1. The monoisotopic (exact) mass is 303 g/mol. The standard InChI is InChI=1S/C16H17NO5/c1-9(2)17-13-6-5-11(8-18)7-12(13)16(21,15(17)20)10(3)14(19)22-4/h5-9,21H,3H2,1-2,4H3. The molecule has 0 fully saturated rings. The number of hydrogen-bond acceptors (Lipinski definition) is 5. The Bertz CT molecular complexity index is 679. The van der Waals surface area contributed by atoms with Crippen molar-refractivity contribution in [3.8, 4) is 0 Å². The van der Waals surface area contributed by atoms with E-state index in [1.54, 1.807) is 26.0 Å². The number of hydrogen-bond donors (Lipinski definition) is 1. The molecule has 1 aliphatic rings. The SMILES string of the molecule is C=C(C(=O)OC)C1(O)C(=O)N(C(C)C)c2ccc(C=O)cc21. The van der Waals surface area contributed by atoms with E-state index in [0.29, 0.717) is 12.0 Å². The fourth-order valence-electron chi connectivity index (χ4n) is 2.60. The van der Waals surface area contributed by atoms with E-state index in [1.165, 1.54) is 11.0 Å². The summed E-state index contributed by atoms with van der Waals surface area (Å²) in [6.45, 7) is 7.08. The second-order valence-corrected chi connectivity index (χ2v) is 5.34. The van der Waals surface area contributed by atoms with Crippen molar-refractivity contribution in [3.63, 3.8) is 0 Å². The smallest absolute Gasteiger partial charge is 0.336 e. The molecule has 1 heterocycles. The Kier molecular flexibility index (Phi) is 3.89. The van der Waals surface area contributed by atoms with Crippen molar-refractivity contribution >= 4 is 23.9 Å². The molecule has 1 aromatic carbocycles. The molecule has 1 amide bonds. The second kappa shape index (κ2) is 5.38. The fraction of sp³-hybridized carbons (Fsp3) is 0.312. The molecule has 6 heteroatoms. The van der Waals surface area contributed by atoms with Crippen LogP contribution in [0.15, 0.2) is 30.4 Å². The summed E-state index contributed by atoms with van der Waals surface area (Å²) in [7, 11) is 1.14. The lowest BCUT2D eigenvalue weighted by molar-refractivity contribution is -0.144. The lowest BCUT2D eigenvalue weighted by Gasteiger charge is -2.26. The van der Waals surface area contributed by atoms with Gasteiger partial charge in [-0.25, -0.2) is 4.79 Å². The van der Waals surface area contributed by atoms with Crippen LogP contribution in [0.25, 0.3) is 0 Å². The lowest BCUT2D eigenvalue weighted by atomic mass is 9.87. The molecule has 1 N–H and O–H groups in total. The quantitative estimate of drug-likeness (QED) is 0.513. The van der Waals surface area contributed by atoms with Crippen LogP contribution in [0, 0.1) is 0 Å². The number of anilines is 1. The molecule has 116 valence electrons. The van der Waals surface area contributed by atoms with Crippen LogP contribution in [0.3, 0.4) is 0 Å². The summed E-state index contributed by atoms with van der Waals surface area (Å²) in [5.41, 5.74) is -1.73. The number of aliphatic hydroxyl groups is 1. The average Bonchev–Trinajstić information content (AvgIpc) is 2.74. The lowest BCUT2D eigenvalue weighted by Crippen LogP contribution is -2.45. The molecule has 2 rings (SSSR count). The summed E-state index contributed by atoms with van der Waals surface area (Å²) in [5, 5.41) is 10.9. The minimum Gasteiger partial charge on any atom is -0.466 e. The maximum absolute atomic E-state index is 12.7. The van der Waals surface area contributed by atoms with Gasteiger partial charge in [-0.2, -0.15) is 0 Å². The number of aldehydes is 1. The highest BCUT2D eigenvalue weighted by molar-refractivity contribution is 6.14. The number of nitrogens with zero attached hydrogens (tertiary/aromatic N) is 1. The molecule has 0 radical (unpaired) electrons. The first-order valence-corrected chi connectivity index (χ1v) is 6.72. The predicted molar refractivity (Wildman–Crippen MR) is 79.5 cm³/mol. The third kappa shape index (κ3) is 2.03. The number of amides is 1. The van der Waals surface area contributed by atoms with Crippen LogP contribution in [0.4, 0.5) is 5.69 Å². The largest absolute Gasteiger partial charge is 0.466 e. The highest BCUT2D eigenvalue weighted by Gasteiger charge is 2.54. The minimum atomic E-state index is -2.23. The molecular formula is C16H17NO5. The summed E-state index contributed by atoms with van der Waals surface area (Å²) < 4.78 is 4.57. The van der Waals surface area contributed by atoms with Gasteiger partial charge in [0, 0.05) is 17.2 Å². The maximum atomic E-state index is 12.7. The molecule has 0 aromatic heterocycles. The number of fused-ring (bicyclic) bond motifs is 1. The van der Waals surface area contributed by atoms with Crippen molar-refractivity contribution < 1.29 is 24.2 Å². The van der Waals surface area contributed by atoms with Crippen molar-refractivity contribution in [3.05, 3.63) is 41.5 Å². The summed E-state index contributed by atoms with van der Waals surface area (Å²) in [6, 6.07) is 4.25.